The number of aliphatic carboxylic acids is 1. The molecule has 1 heterocycles. The zero-order valence-electron chi connectivity index (χ0n) is 10.4. The summed E-state index contributed by atoms with van der Waals surface area (Å²) in [4.78, 5) is 10.6. The summed E-state index contributed by atoms with van der Waals surface area (Å²) in [6.07, 6.45) is 1.20. The summed E-state index contributed by atoms with van der Waals surface area (Å²) in [6.45, 7) is 1.18. The van der Waals surface area contributed by atoms with Crippen molar-refractivity contribution in [1.29, 1.82) is 0 Å². The first-order valence-corrected chi connectivity index (χ1v) is 6.94. The maximum Gasteiger partial charge on any atom is 0.303 e. The molecule has 1 aromatic rings. The molecule has 0 bridgehead atoms. The van der Waals surface area contributed by atoms with Crippen molar-refractivity contribution in [2.75, 3.05) is 13.2 Å². The van der Waals surface area contributed by atoms with Crippen LogP contribution in [-0.2, 0) is 4.79 Å². The Bertz CT molecular complexity index is 478. The molecule has 1 aromatic carbocycles. The second-order valence-corrected chi connectivity index (χ2v) is 5.23. The van der Waals surface area contributed by atoms with Crippen molar-refractivity contribution in [2.24, 2.45) is 5.73 Å². The molecule has 6 heteroatoms. The third kappa shape index (κ3) is 3.39. The SMILES string of the molecule is NC(CCC(=O)O)c1c(Br)ccc2c1OCCCO2. The summed E-state index contributed by atoms with van der Waals surface area (Å²) < 4.78 is 12.1. The maximum absolute atomic E-state index is 10.6. The van der Waals surface area contributed by atoms with Gasteiger partial charge in [-0.1, -0.05) is 15.9 Å². The molecule has 0 aromatic heterocycles. The number of ether oxygens (including phenoxy) is 2. The van der Waals surface area contributed by atoms with Crippen LogP contribution in [0, 0.1) is 0 Å². The molecule has 1 atom stereocenters. The molecule has 1 aliphatic rings. The van der Waals surface area contributed by atoms with Crippen molar-refractivity contribution in [2.45, 2.75) is 25.3 Å². The predicted octanol–water partition coefficient (Wildman–Crippen LogP) is 2.48. The van der Waals surface area contributed by atoms with E-state index >= 15 is 0 Å². The van der Waals surface area contributed by atoms with E-state index < -0.39 is 12.0 Å². The summed E-state index contributed by atoms with van der Waals surface area (Å²) in [7, 11) is 0. The third-order valence-electron chi connectivity index (χ3n) is 2.94. The Balaban J connectivity index is 2.29. The van der Waals surface area contributed by atoms with Gasteiger partial charge in [-0.15, -0.1) is 0 Å². The third-order valence-corrected chi connectivity index (χ3v) is 3.63. The van der Waals surface area contributed by atoms with Gasteiger partial charge in [-0.3, -0.25) is 4.79 Å². The van der Waals surface area contributed by atoms with E-state index in [0.29, 0.717) is 31.1 Å². The molecular weight excluding hydrogens is 314 g/mol. The van der Waals surface area contributed by atoms with Crippen LogP contribution in [0.4, 0.5) is 0 Å². The van der Waals surface area contributed by atoms with E-state index in [4.69, 9.17) is 20.3 Å². The van der Waals surface area contributed by atoms with Crippen molar-refractivity contribution in [3.05, 3.63) is 22.2 Å². The van der Waals surface area contributed by atoms with Crippen LogP contribution in [0.1, 0.15) is 30.9 Å². The number of carboxylic acid groups (broad SMARTS) is 1. The van der Waals surface area contributed by atoms with E-state index in [2.05, 4.69) is 15.9 Å². The van der Waals surface area contributed by atoms with E-state index in [1.165, 1.54) is 0 Å². The van der Waals surface area contributed by atoms with Crippen LogP contribution >= 0.6 is 15.9 Å². The molecule has 0 saturated heterocycles. The molecule has 5 nitrogen and oxygen atoms in total. The number of rotatable bonds is 4. The largest absolute Gasteiger partial charge is 0.490 e. The summed E-state index contributed by atoms with van der Waals surface area (Å²) in [5, 5.41) is 8.74. The molecule has 0 spiro atoms. The van der Waals surface area contributed by atoms with Gasteiger partial charge < -0.3 is 20.3 Å². The summed E-state index contributed by atoms with van der Waals surface area (Å²) in [5.41, 5.74) is 6.87. The molecule has 0 radical (unpaired) electrons. The molecular formula is C13H16BrNO4. The molecule has 19 heavy (non-hydrogen) atoms. The minimum Gasteiger partial charge on any atom is -0.490 e. The first-order chi connectivity index (χ1) is 9.09. The van der Waals surface area contributed by atoms with Gasteiger partial charge in [0.25, 0.3) is 0 Å². The fourth-order valence-electron chi connectivity index (χ4n) is 2.00. The van der Waals surface area contributed by atoms with Gasteiger partial charge >= 0.3 is 5.97 Å². The highest BCUT2D eigenvalue weighted by Gasteiger charge is 2.22. The van der Waals surface area contributed by atoms with Gasteiger partial charge in [-0.05, 0) is 18.6 Å². The molecule has 2 rings (SSSR count). The van der Waals surface area contributed by atoms with Gasteiger partial charge in [0.2, 0.25) is 0 Å². The summed E-state index contributed by atoms with van der Waals surface area (Å²) in [6, 6.07) is 3.28. The minimum atomic E-state index is -0.856. The quantitative estimate of drug-likeness (QED) is 0.886. The Morgan fingerprint density at radius 3 is 2.89 bits per heavy atom. The Kier molecular flexibility index (Phi) is 4.66. The maximum atomic E-state index is 10.6. The van der Waals surface area contributed by atoms with E-state index in [1.807, 2.05) is 12.1 Å². The number of hydrogen-bond donors (Lipinski definition) is 2. The van der Waals surface area contributed by atoms with Gasteiger partial charge in [-0.2, -0.15) is 0 Å². The highest BCUT2D eigenvalue weighted by atomic mass is 79.9. The lowest BCUT2D eigenvalue weighted by molar-refractivity contribution is -0.137. The Morgan fingerprint density at radius 2 is 2.16 bits per heavy atom. The van der Waals surface area contributed by atoms with E-state index in [1.54, 1.807) is 0 Å². The molecule has 0 fully saturated rings. The zero-order valence-corrected chi connectivity index (χ0v) is 12.0. The monoisotopic (exact) mass is 329 g/mol. The normalized spacial score (nSPS) is 15.7. The van der Waals surface area contributed by atoms with Gasteiger partial charge in [0, 0.05) is 28.9 Å². The first kappa shape index (κ1) is 14.1. The van der Waals surface area contributed by atoms with Gasteiger partial charge in [-0.25, -0.2) is 0 Å². The van der Waals surface area contributed by atoms with E-state index in [-0.39, 0.29) is 6.42 Å². The van der Waals surface area contributed by atoms with Crippen LogP contribution in [-0.4, -0.2) is 24.3 Å². The van der Waals surface area contributed by atoms with Crippen molar-refractivity contribution >= 4 is 21.9 Å². The fourth-order valence-corrected chi connectivity index (χ4v) is 2.61. The van der Waals surface area contributed by atoms with Crippen LogP contribution in [0.5, 0.6) is 11.5 Å². The average molecular weight is 330 g/mol. The average Bonchev–Trinajstić information content (AvgIpc) is 2.61. The van der Waals surface area contributed by atoms with Crippen LogP contribution < -0.4 is 15.2 Å². The Labute approximate surface area is 119 Å². The summed E-state index contributed by atoms with van der Waals surface area (Å²) >= 11 is 3.45. The number of halogens is 1. The number of hydrogen-bond acceptors (Lipinski definition) is 4. The fraction of sp³-hybridized carbons (Fsp3) is 0.462. The predicted molar refractivity (Wildman–Crippen MR) is 73.5 cm³/mol. The minimum absolute atomic E-state index is 0.0259. The lowest BCUT2D eigenvalue weighted by atomic mass is 10.0. The lowest BCUT2D eigenvalue weighted by Crippen LogP contribution is -2.14. The van der Waals surface area contributed by atoms with Crippen LogP contribution in [0.2, 0.25) is 0 Å². The lowest BCUT2D eigenvalue weighted by Gasteiger charge is -2.19. The van der Waals surface area contributed by atoms with Gasteiger partial charge in [0.15, 0.2) is 11.5 Å². The molecule has 0 aliphatic carbocycles. The van der Waals surface area contributed by atoms with Crippen molar-refractivity contribution in [1.82, 2.24) is 0 Å². The highest BCUT2D eigenvalue weighted by molar-refractivity contribution is 9.10. The molecule has 104 valence electrons. The van der Waals surface area contributed by atoms with Crippen LogP contribution in [0.3, 0.4) is 0 Å². The summed E-state index contributed by atoms with van der Waals surface area (Å²) in [5.74, 6) is 0.442. The van der Waals surface area contributed by atoms with Crippen LogP contribution in [0.25, 0.3) is 0 Å². The molecule has 0 saturated carbocycles. The molecule has 1 unspecified atom stereocenters. The van der Waals surface area contributed by atoms with Crippen LogP contribution in [0.15, 0.2) is 16.6 Å². The molecule has 1 aliphatic heterocycles. The Morgan fingerprint density at radius 1 is 1.42 bits per heavy atom. The highest BCUT2D eigenvalue weighted by Crippen LogP contribution is 2.41. The van der Waals surface area contributed by atoms with Gasteiger partial charge in [0.05, 0.1) is 13.2 Å². The molecule has 0 amide bonds. The Hall–Kier alpha value is -1.27. The standard InChI is InChI=1S/C13H16BrNO4/c14-8-2-4-10-13(19-7-1-6-18-10)12(8)9(15)3-5-11(16)17/h2,4,9H,1,3,5-7,15H2,(H,16,17). The number of nitrogens with two attached hydrogens (primary N) is 1. The number of fused-ring (bicyclic) bond motifs is 1. The van der Waals surface area contributed by atoms with Gasteiger partial charge in [0.1, 0.15) is 0 Å². The second kappa shape index (κ2) is 6.25. The van der Waals surface area contributed by atoms with Crippen molar-refractivity contribution in [3.8, 4) is 11.5 Å². The second-order valence-electron chi connectivity index (χ2n) is 4.38. The number of benzene rings is 1. The smallest absolute Gasteiger partial charge is 0.303 e. The topological polar surface area (TPSA) is 81.8 Å². The zero-order chi connectivity index (χ0) is 13.8. The number of carboxylic acids is 1. The molecule has 3 N–H and O–H groups in total. The van der Waals surface area contributed by atoms with E-state index in [9.17, 15) is 4.79 Å². The van der Waals surface area contributed by atoms with Crippen molar-refractivity contribution < 1.29 is 19.4 Å². The van der Waals surface area contributed by atoms with Crippen molar-refractivity contribution in [3.63, 3.8) is 0 Å². The first-order valence-electron chi connectivity index (χ1n) is 6.15. The number of carbonyl (C=O) groups is 1. The van der Waals surface area contributed by atoms with E-state index in [0.717, 1.165) is 16.5 Å².